The van der Waals surface area contributed by atoms with Crippen LogP contribution in [-0.4, -0.2) is 42.5 Å². The molecule has 5 heteroatoms. The Kier molecular flexibility index (Phi) is 4.20. The van der Waals surface area contributed by atoms with E-state index in [2.05, 4.69) is 10.3 Å². The molecule has 0 radical (unpaired) electrons. The fraction of sp³-hybridized carbons (Fsp3) is 0.333. The summed E-state index contributed by atoms with van der Waals surface area (Å²) < 4.78 is 0. The summed E-state index contributed by atoms with van der Waals surface area (Å²) in [4.78, 5) is 18.3. The van der Waals surface area contributed by atoms with Crippen LogP contribution in [0, 0.1) is 0 Å². The molecule has 106 valence electrons. The number of anilines is 1. The maximum atomic E-state index is 12.1. The van der Waals surface area contributed by atoms with Crippen LogP contribution in [-0.2, 0) is 0 Å². The number of nitrogens with one attached hydrogen (secondary N) is 1. The highest BCUT2D eigenvalue weighted by Crippen LogP contribution is 2.19. The molecule has 2 rings (SSSR count). The third-order valence-corrected chi connectivity index (χ3v) is 3.44. The second-order valence-electron chi connectivity index (χ2n) is 5.14. The Bertz CT molecular complexity index is 624. The number of fused-ring (bicyclic) bond motifs is 1. The summed E-state index contributed by atoms with van der Waals surface area (Å²) in [6.45, 7) is 2.61. The highest BCUT2D eigenvalue weighted by Gasteiger charge is 2.12. The van der Waals surface area contributed by atoms with E-state index < -0.39 is 0 Å². The first-order chi connectivity index (χ1) is 9.49. The van der Waals surface area contributed by atoms with Crippen LogP contribution in [0.1, 0.15) is 17.4 Å². The number of benzene rings is 1. The topological polar surface area (TPSA) is 71.2 Å². The van der Waals surface area contributed by atoms with Crippen molar-refractivity contribution in [3.63, 3.8) is 0 Å². The number of carbonyl (C=O) groups excluding carboxylic acids is 1. The van der Waals surface area contributed by atoms with Crippen molar-refractivity contribution in [1.82, 2.24) is 15.2 Å². The van der Waals surface area contributed by atoms with E-state index in [-0.39, 0.29) is 11.9 Å². The Morgan fingerprint density at radius 2 is 2.10 bits per heavy atom. The molecule has 3 N–H and O–H groups in total. The van der Waals surface area contributed by atoms with E-state index in [0.29, 0.717) is 18.1 Å². The normalized spacial score (nSPS) is 12.6. The number of hydrogen-bond acceptors (Lipinski definition) is 4. The number of aromatic nitrogens is 1. The molecule has 1 unspecified atom stereocenters. The number of hydrogen-bond donors (Lipinski definition) is 2. The van der Waals surface area contributed by atoms with E-state index in [1.165, 1.54) is 0 Å². The summed E-state index contributed by atoms with van der Waals surface area (Å²) in [5, 5.41) is 4.66. The molecule has 1 amide bonds. The molecule has 1 heterocycles. The van der Waals surface area contributed by atoms with Gasteiger partial charge in [-0.25, -0.2) is 4.98 Å². The second kappa shape index (κ2) is 5.88. The summed E-state index contributed by atoms with van der Waals surface area (Å²) in [7, 11) is 3.95. The van der Waals surface area contributed by atoms with Crippen molar-refractivity contribution < 1.29 is 4.79 Å². The molecule has 0 bridgehead atoms. The minimum atomic E-state index is -0.198. The lowest BCUT2D eigenvalue weighted by atomic mass is 10.1. The Morgan fingerprint density at radius 1 is 1.40 bits per heavy atom. The molecule has 0 saturated heterocycles. The molecule has 0 aliphatic carbocycles. The van der Waals surface area contributed by atoms with Crippen LogP contribution < -0.4 is 11.1 Å². The lowest BCUT2D eigenvalue weighted by Gasteiger charge is -2.19. The number of rotatable bonds is 4. The van der Waals surface area contributed by atoms with Gasteiger partial charge in [0.2, 0.25) is 0 Å². The summed E-state index contributed by atoms with van der Waals surface area (Å²) in [5.41, 5.74) is 6.25. The molecule has 0 spiro atoms. The molecule has 5 nitrogen and oxygen atoms in total. The van der Waals surface area contributed by atoms with Gasteiger partial charge >= 0.3 is 0 Å². The number of likely N-dealkylation sites (N-methyl/N-ethyl adjacent to an activating group) is 1. The number of nitrogens with zero attached hydrogens (tertiary/aromatic N) is 2. The number of nitrogen functional groups attached to an aromatic ring is 1. The van der Waals surface area contributed by atoms with Gasteiger partial charge in [-0.05, 0) is 32.5 Å². The third-order valence-electron chi connectivity index (χ3n) is 3.44. The van der Waals surface area contributed by atoms with Gasteiger partial charge in [-0.2, -0.15) is 0 Å². The van der Waals surface area contributed by atoms with E-state index in [9.17, 15) is 4.79 Å². The smallest absolute Gasteiger partial charge is 0.270 e. The molecular formula is C15H20N4O. The van der Waals surface area contributed by atoms with Gasteiger partial charge in [0.1, 0.15) is 11.5 Å². The van der Waals surface area contributed by atoms with E-state index in [0.717, 1.165) is 10.8 Å². The molecule has 0 fully saturated rings. The van der Waals surface area contributed by atoms with E-state index >= 15 is 0 Å². The van der Waals surface area contributed by atoms with Crippen LogP contribution in [0.5, 0.6) is 0 Å². The monoisotopic (exact) mass is 272 g/mol. The van der Waals surface area contributed by atoms with Gasteiger partial charge in [0, 0.05) is 18.0 Å². The first-order valence-corrected chi connectivity index (χ1v) is 6.59. The highest BCUT2D eigenvalue weighted by molar-refractivity contribution is 5.99. The van der Waals surface area contributed by atoms with Crippen molar-refractivity contribution in [3.8, 4) is 0 Å². The average Bonchev–Trinajstić information content (AvgIpc) is 2.44. The van der Waals surface area contributed by atoms with Crippen LogP contribution >= 0.6 is 0 Å². The molecular weight excluding hydrogens is 252 g/mol. The van der Waals surface area contributed by atoms with Gasteiger partial charge in [0.15, 0.2) is 0 Å². The lowest BCUT2D eigenvalue weighted by molar-refractivity contribution is 0.0939. The molecule has 0 saturated carbocycles. The summed E-state index contributed by atoms with van der Waals surface area (Å²) in [5.74, 6) is 0.185. The van der Waals surface area contributed by atoms with Crippen molar-refractivity contribution in [2.75, 3.05) is 26.4 Å². The maximum absolute atomic E-state index is 12.1. The highest BCUT2D eigenvalue weighted by atomic mass is 16.1. The predicted octanol–water partition coefficient (Wildman–Crippen LogP) is 1.50. The van der Waals surface area contributed by atoms with Gasteiger partial charge in [-0.1, -0.05) is 24.3 Å². The van der Waals surface area contributed by atoms with Crippen molar-refractivity contribution in [3.05, 3.63) is 36.0 Å². The first-order valence-electron chi connectivity index (χ1n) is 6.59. The molecule has 0 aliphatic heterocycles. The fourth-order valence-electron chi connectivity index (χ4n) is 1.86. The first kappa shape index (κ1) is 14.3. The molecule has 1 atom stereocenters. The van der Waals surface area contributed by atoms with Crippen LogP contribution in [0.25, 0.3) is 10.8 Å². The number of pyridine rings is 1. The van der Waals surface area contributed by atoms with E-state index in [1.54, 1.807) is 6.07 Å². The van der Waals surface area contributed by atoms with Crippen LogP contribution in [0.3, 0.4) is 0 Å². The van der Waals surface area contributed by atoms with Crippen molar-refractivity contribution in [1.29, 1.82) is 0 Å². The van der Waals surface area contributed by atoms with Crippen molar-refractivity contribution >= 4 is 22.5 Å². The average molecular weight is 272 g/mol. The quantitative estimate of drug-likeness (QED) is 0.884. The van der Waals surface area contributed by atoms with Crippen molar-refractivity contribution in [2.45, 2.75) is 13.0 Å². The molecule has 2 aromatic rings. The largest absolute Gasteiger partial charge is 0.383 e. The Labute approximate surface area is 118 Å². The second-order valence-corrected chi connectivity index (χ2v) is 5.14. The van der Waals surface area contributed by atoms with Crippen LogP contribution in [0.4, 0.5) is 5.82 Å². The van der Waals surface area contributed by atoms with Crippen LogP contribution in [0.15, 0.2) is 30.3 Å². The van der Waals surface area contributed by atoms with E-state index in [1.807, 2.05) is 50.2 Å². The minimum Gasteiger partial charge on any atom is -0.383 e. The van der Waals surface area contributed by atoms with Gasteiger partial charge < -0.3 is 16.0 Å². The van der Waals surface area contributed by atoms with Gasteiger partial charge in [0.05, 0.1) is 0 Å². The number of nitrogens with two attached hydrogens (primary N) is 1. The minimum absolute atomic E-state index is 0.198. The third kappa shape index (κ3) is 3.05. The molecule has 0 aliphatic rings. The fourth-order valence-corrected chi connectivity index (χ4v) is 1.86. The van der Waals surface area contributed by atoms with Crippen LogP contribution in [0.2, 0.25) is 0 Å². The number of amides is 1. The van der Waals surface area contributed by atoms with E-state index in [4.69, 9.17) is 5.73 Å². The Hall–Kier alpha value is -2.14. The Morgan fingerprint density at radius 3 is 2.80 bits per heavy atom. The summed E-state index contributed by atoms with van der Waals surface area (Å²) in [6, 6.07) is 9.66. The predicted molar refractivity (Wildman–Crippen MR) is 81.6 cm³/mol. The standard InChI is InChI=1S/C15H20N4O/c1-10(19(2)3)9-17-15(20)13-8-11-6-4-5-7-12(11)14(16)18-13/h4-8,10H,9H2,1-3H3,(H2,16,18)(H,17,20). The zero-order valence-corrected chi connectivity index (χ0v) is 12.1. The molecule has 1 aromatic heterocycles. The zero-order valence-electron chi connectivity index (χ0n) is 12.1. The van der Waals surface area contributed by atoms with Crippen molar-refractivity contribution in [2.24, 2.45) is 0 Å². The maximum Gasteiger partial charge on any atom is 0.270 e. The molecule has 20 heavy (non-hydrogen) atoms. The summed E-state index contributed by atoms with van der Waals surface area (Å²) >= 11 is 0. The van der Waals surface area contributed by atoms with Gasteiger partial charge in [-0.15, -0.1) is 0 Å². The SMILES string of the molecule is CC(CNC(=O)c1cc2ccccc2c(N)n1)N(C)C. The Balaban J connectivity index is 2.18. The van der Waals surface area contributed by atoms with Gasteiger partial charge in [0.25, 0.3) is 5.91 Å². The van der Waals surface area contributed by atoms with Gasteiger partial charge in [-0.3, -0.25) is 4.79 Å². The zero-order chi connectivity index (χ0) is 14.7. The lowest BCUT2D eigenvalue weighted by Crippen LogP contribution is -2.38. The summed E-state index contributed by atoms with van der Waals surface area (Å²) in [6.07, 6.45) is 0. The number of carbonyl (C=O) groups is 1. The molecule has 1 aromatic carbocycles.